The van der Waals surface area contributed by atoms with Gasteiger partial charge in [-0.05, 0) is 30.6 Å². The van der Waals surface area contributed by atoms with Gasteiger partial charge in [0.2, 0.25) is 11.8 Å². The van der Waals surface area contributed by atoms with E-state index in [0.717, 1.165) is 16.6 Å². The molecule has 1 aromatic carbocycles. The van der Waals surface area contributed by atoms with Crippen molar-refractivity contribution in [1.29, 1.82) is 0 Å². The normalized spacial score (nSPS) is 10.1. The van der Waals surface area contributed by atoms with Crippen molar-refractivity contribution < 1.29 is 9.59 Å². The van der Waals surface area contributed by atoms with Crippen molar-refractivity contribution in [3.8, 4) is 0 Å². The van der Waals surface area contributed by atoms with E-state index >= 15 is 0 Å². The van der Waals surface area contributed by atoms with Crippen molar-refractivity contribution >= 4 is 40.8 Å². The van der Waals surface area contributed by atoms with Gasteiger partial charge in [0.05, 0.1) is 5.52 Å². The highest BCUT2D eigenvalue weighted by molar-refractivity contribution is 5.94. The van der Waals surface area contributed by atoms with Gasteiger partial charge in [0.1, 0.15) is 6.54 Å². The summed E-state index contributed by atoms with van der Waals surface area (Å²) in [7, 11) is 3.42. The van der Waals surface area contributed by atoms with E-state index in [9.17, 15) is 9.59 Å². The van der Waals surface area contributed by atoms with Crippen LogP contribution < -0.4 is 16.0 Å². The summed E-state index contributed by atoms with van der Waals surface area (Å²) in [5, 5.41) is 9.43. The number of nitrogens with one attached hydrogen (secondary N) is 3. The Bertz CT molecular complexity index is 654. The number of nitrogens with zero attached hydrogens (tertiary/aromatic N) is 1. The monoisotopic (exact) mass is 324 g/mol. The SMILES string of the molecule is CNCCC(=O)Nc1ccc2ccn(CC(=O)NC)c2c1.Cl. The lowest BCUT2D eigenvalue weighted by Crippen LogP contribution is -2.23. The third-order valence-electron chi connectivity index (χ3n) is 3.25. The van der Waals surface area contributed by atoms with Crippen LogP contribution in [0.4, 0.5) is 5.69 Å². The molecule has 0 saturated heterocycles. The highest BCUT2D eigenvalue weighted by Crippen LogP contribution is 2.20. The van der Waals surface area contributed by atoms with Crippen LogP contribution in [0.3, 0.4) is 0 Å². The zero-order valence-electron chi connectivity index (χ0n) is 12.7. The summed E-state index contributed by atoms with van der Waals surface area (Å²) in [6.07, 6.45) is 2.29. The Balaban J connectivity index is 0.00000242. The molecule has 1 heterocycles. The minimum Gasteiger partial charge on any atom is -0.358 e. The maximum Gasteiger partial charge on any atom is 0.239 e. The molecule has 0 fully saturated rings. The number of aromatic nitrogens is 1. The highest BCUT2D eigenvalue weighted by Gasteiger charge is 2.07. The Labute approximate surface area is 135 Å². The van der Waals surface area contributed by atoms with Crippen LogP contribution in [-0.4, -0.2) is 37.0 Å². The molecular weight excluding hydrogens is 304 g/mol. The average molecular weight is 325 g/mol. The zero-order chi connectivity index (χ0) is 15.2. The fraction of sp³-hybridized carbons (Fsp3) is 0.333. The lowest BCUT2D eigenvalue weighted by molar-refractivity contribution is -0.121. The van der Waals surface area contributed by atoms with Crippen molar-refractivity contribution in [2.24, 2.45) is 0 Å². The molecule has 6 nitrogen and oxygen atoms in total. The van der Waals surface area contributed by atoms with E-state index in [1.807, 2.05) is 42.1 Å². The minimum absolute atomic E-state index is 0. The van der Waals surface area contributed by atoms with Gasteiger partial charge in [-0.1, -0.05) is 6.07 Å². The number of carbonyl (C=O) groups is 2. The standard InChI is InChI=1S/C15H20N4O2.ClH/c1-16-7-5-14(20)18-12-4-3-11-6-8-19(13(11)9-12)10-15(21)17-2;/h3-4,6,8-9,16H,5,7,10H2,1-2H3,(H,17,21)(H,18,20);1H. The Hall–Kier alpha value is -2.05. The molecular formula is C15H21ClN4O2. The second-order valence-electron chi connectivity index (χ2n) is 4.79. The number of hydrogen-bond acceptors (Lipinski definition) is 3. The molecule has 0 aliphatic rings. The van der Waals surface area contributed by atoms with Crippen LogP contribution in [-0.2, 0) is 16.1 Å². The van der Waals surface area contributed by atoms with Crippen LogP contribution in [0.25, 0.3) is 10.9 Å². The number of halogens is 1. The highest BCUT2D eigenvalue weighted by atomic mass is 35.5. The topological polar surface area (TPSA) is 75.2 Å². The molecule has 3 N–H and O–H groups in total. The van der Waals surface area contributed by atoms with Gasteiger partial charge in [-0.25, -0.2) is 0 Å². The summed E-state index contributed by atoms with van der Waals surface area (Å²) < 4.78 is 1.86. The van der Waals surface area contributed by atoms with Gasteiger partial charge in [-0.3, -0.25) is 9.59 Å². The Kier molecular flexibility index (Phi) is 6.88. The van der Waals surface area contributed by atoms with Gasteiger partial charge in [0.15, 0.2) is 0 Å². The van der Waals surface area contributed by atoms with Gasteiger partial charge < -0.3 is 20.5 Å². The molecule has 7 heteroatoms. The van der Waals surface area contributed by atoms with Crippen molar-refractivity contribution in [3.05, 3.63) is 30.5 Å². The first kappa shape index (κ1) is 18.0. The molecule has 0 aliphatic carbocycles. The van der Waals surface area contributed by atoms with E-state index in [4.69, 9.17) is 0 Å². The summed E-state index contributed by atoms with van der Waals surface area (Å²) in [6, 6.07) is 7.63. The number of amides is 2. The van der Waals surface area contributed by atoms with Crippen molar-refractivity contribution in [3.63, 3.8) is 0 Å². The van der Waals surface area contributed by atoms with Crippen molar-refractivity contribution in [2.75, 3.05) is 26.0 Å². The lowest BCUT2D eigenvalue weighted by Gasteiger charge is -2.08. The summed E-state index contributed by atoms with van der Waals surface area (Å²) in [6.45, 7) is 0.901. The van der Waals surface area contributed by atoms with E-state index in [2.05, 4.69) is 16.0 Å². The van der Waals surface area contributed by atoms with E-state index in [0.29, 0.717) is 13.0 Å². The van der Waals surface area contributed by atoms with Gasteiger partial charge in [-0.15, -0.1) is 12.4 Å². The molecule has 2 aromatic rings. The quantitative estimate of drug-likeness (QED) is 0.751. The molecule has 2 rings (SSSR count). The third-order valence-corrected chi connectivity index (χ3v) is 3.25. The first-order chi connectivity index (χ1) is 10.1. The minimum atomic E-state index is -0.0593. The molecule has 0 atom stereocenters. The Morgan fingerprint density at radius 2 is 1.91 bits per heavy atom. The zero-order valence-corrected chi connectivity index (χ0v) is 13.5. The van der Waals surface area contributed by atoms with E-state index in [-0.39, 0.29) is 30.8 Å². The number of carbonyl (C=O) groups excluding carboxylic acids is 2. The molecule has 0 aliphatic heterocycles. The first-order valence-corrected chi connectivity index (χ1v) is 6.88. The molecule has 0 saturated carbocycles. The van der Waals surface area contributed by atoms with Gasteiger partial charge in [0, 0.05) is 31.9 Å². The first-order valence-electron chi connectivity index (χ1n) is 6.88. The predicted molar refractivity (Wildman–Crippen MR) is 90.4 cm³/mol. The number of likely N-dealkylation sites (N-methyl/N-ethyl adjacent to an activating group) is 1. The number of hydrogen-bond donors (Lipinski definition) is 3. The van der Waals surface area contributed by atoms with E-state index in [1.165, 1.54) is 0 Å². The number of rotatable bonds is 6. The summed E-state index contributed by atoms with van der Waals surface area (Å²) in [5.41, 5.74) is 1.66. The largest absolute Gasteiger partial charge is 0.358 e. The molecule has 2 amide bonds. The lowest BCUT2D eigenvalue weighted by atomic mass is 10.2. The smallest absolute Gasteiger partial charge is 0.239 e. The number of benzene rings is 1. The van der Waals surface area contributed by atoms with E-state index in [1.54, 1.807) is 7.05 Å². The number of anilines is 1. The second kappa shape index (κ2) is 8.41. The average Bonchev–Trinajstić information content (AvgIpc) is 2.87. The van der Waals surface area contributed by atoms with Gasteiger partial charge in [0.25, 0.3) is 0 Å². The summed E-state index contributed by atoms with van der Waals surface area (Å²) in [4.78, 5) is 23.2. The van der Waals surface area contributed by atoms with Crippen LogP contribution in [0.2, 0.25) is 0 Å². The van der Waals surface area contributed by atoms with Crippen molar-refractivity contribution in [2.45, 2.75) is 13.0 Å². The Morgan fingerprint density at radius 3 is 2.59 bits per heavy atom. The van der Waals surface area contributed by atoms with Gasteiger partial charge >= 0.3 is 0 Å². The molecule has 1 aromatic heterocycles. The third kappa shape index (κ3) is 4.47. The fourth-order valence-electron chi connectivity index (χ4n) is 2.10. The Morgan fingerprint density at radius 1 is 1.14 bits per heavy atom. The number of fused-ring (bicyclic) bond motifs is 1. The maximum atomic E-state index is 11.7. The van der Waals surface area contributed by atoms with Gasteiger partial charge in [-0.2, -0.15) is 0 Å². The summed E-state index contributed by atoms with van der Waals surface area (Å²) >= 11 is 0. The molecule has 0 radical (unpaired) electrons. The van der Waals surface area contributed by atoms with Crippen LogP contribution >= 0.6 is 12.4 Å². The molecule has 0 bridgehead atoms. The molecule has 0 spiro atoms. The van der Waals surface area contributed by atoms with Crippen LogP contribution in [0, 0.1) is 0 Å². The fourth-order valence-corrected chi connectivity index (χ4v) is 2.10. The van der Waals surface area contributed by atoms with Crippen LogP contribution in [0.15, 0.2) is 30.5 Å². The van der Waals surface area contributed by atoms with Crippen molar-refractivity contribution in [1.82, 2.24) is 15.2 Å². The maximum absolute atomic E-state index is 11.7. The molecule has 22 heavy (non-hydrogen) atoms. The van der Waals surface area contributed by atoms with Crippen LogP contribution in [0.1, 0.15) is 6.42 Å². The molecule has 120 valence electrons. The second-order valence-corrected chi connectivity index (χ2v) is 4.79. The molecule has 0 unspecified atom stereocenters. The van der Waals surface area contributed by atoms with E-state index < -0.39 is 0 Å². The predicted octanol–water partition coefficient (Wildman–Crippen LogP) is 1.36. The summed E-state index contributed by atoms with van der Waals surface area (Å²) in [5.74, 6) is -0.0935. The van der Waals surface area contributed by atoms with Crippen LogP contribution in [0.5, 0.6) is 0 Å².